The maximum absolute atomic E-state index is 4.50. The van der Waals surface area contributed by atoms with Gasteiger partial charge in [0.15, 0.2) is 0 Å². The molecule has 0 aliphatic rings. The zero-order valence-electron chi connectivity index (χ0n) is 11.0. The van der Waals surface area contributed by atoms with Crippen LogP contribution in [0.3, 0.4) is 0 Å². The summed E-state index contributed by atoms with van der Waals surface area (Å²) in [5.74, 6) is 0.625. The molecule has 0 amide bonds. The third-order valence-corrected chi connectivity index (χ3v) is 3.21. The van der Waals surface area contributed by atoms with E-state index in [9.17, 15) is 0 Å². The van der Waals surface area contributed by atoms with Crippen molar-refractivity contribution >= 4 is 0 Å². The Bertz CT molecular complexity index is 292. The third-order valence-electron chi connectivity index (χ3n) is 3.21. The van der Waals surface area contributed by atoms with E-state index in [-0.39, 0.29) is 0 Å². The van der Waals surface area contributed by atoms with Crippen molar-refractivity contribution in [3.63, 3.8) is 0 Å². The summed E-state index contributed by atoms with van der Waals surface area (Å²) in [6.07, 6.45) is 4.12. The first kappa shape index (κ1) is 13.2. The minimum atomic E-state index is 0.553. The Balaban J connectivity index is 2.52. The lowest BCUT2D eigenvalue weighted by molar-refractivity contribution is 0.403. The number of rotatable bonds is 6. The number of aromatic nitrogens is 1. The summed E-state index contributed by atoms with van der Waals surface area (Å²) in [6, 6.07) is 4.90. The zero-order valence-corrected chi connectivity index (χ0v) is 11.0. The van der Waals surface area contributed by atoms with Crippen LogP contribution in [-0.4, -0.2) is 17.6 Å². The smallest absolute Gasteiger partial charge is 0.0407 e. The molecule has 0 saturated carbocycles. The highest BCUT2D eigenvalue weighted by molar-refractivity contribution is 5.14. The molecule has 0 saturated heterocycles. The fraction of sp³-hybridized carbons (Fsp3) is 0.643. The van der Waals surface area contributed by atoms with Gasteiger partial charge in [-0.15, -0.1) is 0 Å². The van der Waals surface area contributed by atoms with E-state index < -0.39 is 0 Å². The molecule has 0 fully saturated rings. The Morgan fingerprint density at radius 1 is 1.25 bits per heavy atom. The zero-order chi connectivity index (χ0) is 12.0. The van der Waals surface area contributed by atoms with Gasteiger partial charge in [-0.3, -0.25) is 4.98 Å². The van der Waals surface area contributed by atoms with Crippen molar-refractivity contribution in [1.82, 2.24) is 10.3 Å². The second-order valence-corrected chi connectivity index (χ2v) is 4.54. The number of aryl methyl sites for hydroxylation is 1. The Morgan fingerprint density at radius 3 is 2.50 bits per heavy atom. The number of pyridine rings is 1. The van der Waals surface area contributed by atoms with Crippen LogP contribution in [0.2, 0.25) is 0 Å². The maximum Gasteiger partial charge on any atom is 0.0407 e. The molecule has 0 spiro atoms. The SMILES string of the molecule is CCNC(C)C(C)Cc1ccc(CC)cn1. The molecule has 0 radical (unpaired) electrons. The van der Waals surface area contributed by atoms with Crippen LogP contribution in [0.1, 0.15) is 39.0 Å². The van der Waals surface area contributed by atoms with Gasteiger partial charge in [-0.05, 0) is 43.9 Å². The lowest BCUT2D eigenvalue weighted by Gasteiger charge is -2.20. The standard InChI is InChI=1S/C14H24N2/c1-5-13-7-8-14(16-10-13)9-11(3)12(4)15-6-2/h7-8,10-12,15H,5-6,9H2,1-4H3. The quantitative estimate of drug-likeness (QED) is 0.797. The first-order valence-corrected chi connectivity index (χ1v) is 6.34. The summed E-state index contributed by atoms with van der Waals surface area (Å²) in [6.45, 7) is 9.87. The lowest BCUT2D eigenvalue weighted by Crippen LogP contribution is -2.33. The van der Waals surface area contributed by atoms with Gasteiger partial charge in [0.2, 0.25) is 0 Å². The van der Waals surface area contributed by atoms with Gasteiger partial charge >= 0.3 is 0 Å². The van der Waals surface area contributed by atoms with E-state index in [1.807, 2.05) is 6.20 Å². The van der Waals surface area contributed by atoms with E-state index >= 15 is 0 Å². The van der Waals surface area contributed by atoms with Gasteiger partial charge in [-0.25, -0.2) is 0 Å². The average molecular weight is 220 g/mol. The van der Waals surface area contributed by atoms with Gasteiger partial charge in [0.1, 0.15) is 0 Å². The Morgan fingerprint density at radius 2 is 2.00 bits per heavy atom. The van der Waals surface area contributed by atoms with Crippen molar-refractivity contribution in [2.24, 2.45) is 5.92 Å². The molecule has 0 bridgehead atoms. The topological polar surface area (TPSA) is 24.9 Å². The Labute approximate surface area is 99.5 Å². The largest absolute Gasteiger partial charge is 0.314 e. The summed E-state index contributed by atoms with van der Waals surface area (Å²) in [5, 5.41) is 3.46. The molecule has 1 rings (SSSR count). The third kappa shape index (κ3) is 3.93. The average Bonchev–Trinajstić information content (AvgIpc) is 2.30. The maximum atomic E-state index is 4.50. The van der Waals surface area contributed by atoms with Crippen LogP contribution in [0.4, 0.5) is 0 Å². The number of nitrogens with one attached hydrogen (secondary N) is 1. The van der Waals surface area contributed by atoms with Crippen molar-refractivity contribution in [3.8, 4) is 0 Å². The molecule has 1 aromatic heterocycles. The summed E-state index contributed by atoms with van der Waals surface area (Å²) in [5.41, 5.74) is 2.52. The fourth-order valence-corrected chi connectivity index (χ4v) is 1.81. The molecular formula is C14H24N2. The molecule has 0 aliphatic heterocycles. The van der Waals surface area contributed by atoms with Gasteiger partial charge < -0.3 is 5.32 Å². The Kier molecular flexibility index (Phi) is 5.47. The number of hydrogen-bond acceptors (Lipinski definition) is 2. The van der Waals surface area contributed by atoms with Crippen LogP contribution >= 0.6 is 0 Å². The van der Waals surface area contributed by atoms with E-state index in [4.69, 9.17) is 0 Å². The van der Waals surface area contributed by atoms with E-state index in [0.29, 0.717) is 12.0 Å². The van der Waals surface area contributed by atoms with Gasteiger partial charge in [0, 0.05) is 17.9 Å². The second-order valence-electron chi connectivity index (χ2n) is 4.54. The minimum absolute atomic E-state index is 0.553. The molecule has 2 unspecified atom stereocenters. The van der Waals surface area contributed by atoms with Crippen molar-refractivity contribution in [3.05, 3.63) is 29.6 Å². The van der Waals surface area contributed by atoms with E-state index in [0.717, 1.165) is 19.4 Å². The van der Waals surface area contributed by atoms with Gasteiger partial charge in [-0.1, -0.05) is 26.8 Å². The molecule has 2 heteroatoms. The molecule has 1 N–H and O–H groups in total. The molecule has 1 aromatic rings. The summed E-state index contributed by atoms with van der Waals surface area (Å²) in [4.78, 5) is 4.50. The normalized spacial score (nSPS) is 14.8. The van der Waals surface area contributed by atoms with Crippen LogP contribution in [-0.2, 0) is 12.8 Å². The molecule has 0 aliphatic carbocycles. The highest BCUT2D eigenvalue weighted by Gasteiger charge is 2.11. The summed E-state index contributed by atoms with van der Waals surface area (Å²) >= 11 is 0. The van der Waals surface area contributed by atoms with Crippen LogP contribution in [0.25, 0.3) is 0 Å². The molecule has 16 heavy (non-hydrogen) atoms. The van der Waals surface area contributed by atoms with Crippen molar-refractivity contribution in [2.75, 3.05) is 6.54 Å². The molecule has 90 valence electrons. The van der Waals surface area contributed by atoms with Crippen molar-refractivity contribution in [2.45, 2.75) is 46.6 Å². The molecule has 2 nitrogen and oxygen atoms in total. The number of hydrogen-bond donors (Lipinski definition) is 1. The van der Waals surface area contributed by atoms with Gasteiger partial charge in [0.05, 0.1) is 0 Å². The van der Waals surface area contributed by atoms with Crippen molar-refractivity contribution < 1.29 is 0 Å². The predicted octanol–water partition coefficient (Wildman–Crippen LogP) is 2.82. The molecule has 2 atom stereocenters. The molecule has 0 aromatic carbocycles. The van der Waals surface area contributed by atoms with Crippen molar-refractivity contribution in [1.29, 1.82) is 0 Å². The van der Waals surface area contributed by atoms with E-state index in [2.05, 4.69) is 50.1 Å². The minimum Gasteiger partial charge on any atom is -0.314 e. The first-order valence-electron chi connectivity index (χ1n) is 6.34. The predicted molar refractivity (Wildman–Crippen MR) is 69.6 cm³/mol. The van der Waals surface area contributed by atoms with Gasteiger partial charge in [0.25, 0.3) is 0 Å². The summed E-state index contributed by atoms with van der Waals surface area (Å²) in [7, 11) is 0. The highest BCUT2D eigenvalue weighted by Crippen LogP contribution is 2.11. The number of nitrogens with zero attached hydrogens (tertiary/aromatic N) is 1. The molecule has 1 heterocycles. The van der Waals surface area contributed by atoms with Crippen LogP contribution in [0.15, 0.2) is 18.3 Å². The first-order chi connectivity index (χ1) is 7.67. The molecular weight excluding hydrogens is 196 g/mol. The fourth-order valence-electron chi connectivity index (χ4n) is 1.81. The van der Waals surface area contributed by atoms with Crippen LogP contribution in [0.5, 0.6) is 0 Å². The summed E-state index contributed by atoms with van der Waals surface area (Å²) < 4.78 is 0. The van der Waals surface area contributed by atoms with Crippen LogP contribution < -0.4 is 5.32 Å². The lowest BCUT2D eigenvalue weighted by atomic mass is 9.97. The van der Waals surface area contributed by atoms with E-state index in [1.165, 1.54) is 11.3 Å². The highest BCUT2D eigenvalue weighted by atomic mass is 14.9. The van der Waals surface area contributed by atoms with Crippen LogP contribution in [0, 0.1) is 5.92 Å². The Hall–Kier alpha value is -0.890. The van der Waals surface area contributed by atoms with Gasteiger partial charge in [-0.2, -0.15) is 0 Å². The second kappa shape index (κ2) is 6.64. The monoisotopic (exact) mass is 220 g/mol. The van der Waals surface area contributed by atoms with E-state index in [1.54, 1.807) is 0 Å².